The Balaban J connectivity index is 1.97. The van der Waals surface area contributed by atoms with Gasteiger partial charge >= 0.3 is 0 Å². The van der Waals surface area contributed by atoms with Gasteiger partial charge in [0.05, 0.1) is 0 Å². The van der Waals surface area contributed by atoms with Crippen molar-refractivity contribution in [3.63, 3.8) is 0 Å². The van der Waals surface area contributed by atoms with Crippen molar-refractivity contribution in [1.82, 2.24) is 4.98 Å². The number of nitrogens with one attached hydrogen (secondary N) is 1. The molecule has 20 heavy (non-hydrogen) atoms. The van der Waals surface area contributed by atoms with Crippen LogP contribution in [-0.4, -0.2) is 11.3 Å². The van der Waals surface area contributed by atoms with Crippen LogP contribution in [0.4, 0.5) is 0 Å². The molecule has 0 fully saturated rings. The van der Waals surface area contributed by atoms with Crippen LogP contribution in [0, 0.1) is 0 Å². The zero-order valence-electron chi connectivity index (χ0n) is 10.8. The minimum Gasteiger partial charge on any atom is -0.461 e. The molecular formula is C16H13NO3. The minimum atomic E-state index is -0.112. The zero-order chi connectivity index (χ0) is 13.9. The highest BCUT2D eigenvalue weighted by atomic mass is 16.3. The van der Waals surface area contributed by atoms with E-state index in [0.717, 1.165) is 34.3 Å². The van der Waals surface area contributed by atoms with Gasteiger partial charge in [0, 0.05) is 30.0 Å². The molecule has 0 spiro atoms. The summed E-state index contributed by atoms with van der Waals surface area (Å²) in [7, 11) is 0. The Morgan fingerprint density at radius 1 is 1.10 bits per heavy atom. The maximum Gasteiger partial charge on any atom is 0.248 e. The molecule has 0 amide bonds. The first-order valence-corrected chi connectivity index (χ1v) is 6.42. The zero-order valence-corrected chi connectivity index (χ0v) is 10.8. The van der Waals surface area contributed by atoms with Gasteiger partial charge < -0.3 is 14.2 Å². The number of carbonyl (C=O) groups excluding carboxylic acids is 1. The average molecular weight is 267 g/mol. The molecule has 0 saturated heterocycles. The van der Waals surface area contributed by atoms with E-state index in [1.165, 1.54) is 6.07 Å². The third-order valence-electron chi connectivity index (χ3n) is 3.18. The Morgan fingerprint density at radius 3 is 2.85 bits per heavy atom. The highest BCUT2D eigenvalue weighted by molar-refractivity contribution is 5.83. The van der Waals surface area contributed by atoms with Crippen molar-refractivity contribution in [2.45, 2.75) is 12.8 Å². The van der Waals surface area contributed by atoms with Crippen LogP contribution < -0.4 is 5.56 Å². The first-order chi connectivity index (χ1) is 9.76. The normalized spacial score (nSPS) is 10.8. The lowest BCUT2D eigenvalue weighted by molar-refractivity contribution is -0.107. The number of furan rings is 1. The number of rotatable bonds is 4. The molecule has 0 aliphatic rings. The minimum absolute atomic E-state index is 0.112. The maximum absolute atomic E-state index is 11.2. The molecule has 0 atom stereocenters. The van der Waals surface area contributed by atoms with E-state index in [4.69, 9.17) is 4.42 Å². The van der Waals surface area contributed by atoms with Gasteiger partial charge in [-0.05, 0) is 41.8 Å². The van der Waals surface area contributed by atoms with Gasteiger partial charge in [0.25, 0.3) is 0 Å². The first-order valence-electron chi connectivity index (χ1n) is 6.42. The van der Waals surface area contributed by atoms with Crippen LogP contribution in [0.15, 0.2) is 51.7 Å². The number of pyridine rings is 1. The Bertz CT molecular complexity index is 814. The Labute approximate surface area is 115 Å². The van der Waals surface area contributed by atoms with Crippen molar-refractivity contribution in [1.29, 1.82) is 0 Å². The SMILES string of the molecule is O=CCCc1ccc(-c2ccc3[nH]c(=O)ccc3c2)o1. The van der Waals surface area contributed by atoms with Crippen molar-refractivity contribution in [3.8, 4) is 11.3 Å². The van der Waals surface area contributed by atoms with Crippen LogP contribution in [0.2, 0.25) is 0 Å². The first kappa shape index (κ1) is 12.4. The summed E-state index contributed by atoms with van der Waals surface area (Å²) in [6.07, 6.45) is 1.96. The van der Waals surface area contributed by atoms with Gasteiger partial charge in [-0.1, -0.05) is 0 Å². The molecule has 3 rings (SSSR count). The van der Waals surface area contributed by atoms with E-state index in [9.17, 15) is 9.59 Å². The number of aromatic nitrogens is 1. The second kappa shape index (κ2) is 5.17. The average Bonchev–Trinajstić information content (AvgIpc) is 2.93. The van der Waals surface area contributed by atoms with Crippen LogP contribution >= 0.6 is 0 Å². The van der Waals surface area contributed by atoms with Crippen LogP contribution in [0.5, 0.6) is 0 Å². The van der Waals surface area contributed by atoms with Crippen LogP contribution in [0.1, 0.15) is 12.2 Å². The number of hydrogen-bond acceptors (Lipinski definition) is 3. The third kappa shape index (κ3) is 2.40. The molecule has 0 radical (unpaired) electrons. The summed E-state index contributed by atoms with van der Waals surface area (Å²) in [5, 5.41) is 0.952. The van der Waals surface area contributed by atoms with E-state index < -0.39 is 0 Å². The van der Waals surface area contributed by atoms with Gasteiger partial charge in [-0.3, -0.25) is 4.79 Å². The van der Waals surface area contributed by atoms with E-state index in [1.54, 1.807) is 6.07 Å². The largest absolute Gasteiger partial charge is 0.461 e. The fourth-order valence-corrected chi connectivity index (χ4v) is 2.18. The smallest absolute Gasteiger partial charge is 0.248 e. The molecule has 100 valence electrons. The van der Waals surface area contributed by atoms with E-state index in [0.29, 0.717) is 12.8 Å². The number of fused-ring (bicyclic) bond motifs is 1. The maximum atomic E-state index is 11.2. The molecule has 4 nitrogen and oxygen atoms in total. The number of carbonyl (C=O) groups is 1. The number of aryl methyl sites for hydroxylation is 1. The summed E-state index contributed by atoms with van der Waals surface area (Å²) in [5.74, 6) is 1.56. The molecular weight excluding hydrogens is 254 g/mol. The summed E-state index contributed by atoms with van der Waals surface area (Å²) >= 11 is 0. The lowest BCUT2D eigenvalue weighted by Gasteiger charge is -2.01. The molecule has 1 N–H and O–H groups in total. The molecule has 4 heteroatoms. The number of benzene rings is 1. The van der Waals surface area contributed by atoms with Gasteiger partial charge in [-0.15, -0.1) is 0 Å². The lowest BCUT2D eigenvalue weighted by atomic mass is 10.1. The molecule has 0 aliphatic carbocycles. The van der Waals surface area contributed by atoms with E-state index in [2.05, 4.69) is 4.98 Å². The number of H-pyrrole nitrogens is 1. The quantitative estimate of drug-likeness (QED) is 0.739. The highest BCUT2D eigenvalue weighted by Gasteiger charge is 2.06. The van der Waals surface area contributed by atoms with Crippen molar-refractivity contribution in [3.05, 3.63) is 58.6 Å². The van der Waals surface area contributed by atoms with Gasteiger partial charge in [0.15, 0.2) is 0 Å². The summed E-state index contributed by atoms with van der Waals surface area (Å²) in [5.41, 5.74) is 1.63. The van der Waals surface area contributed by atoms with E-state index in [1.807, 2.05) is 30.3 Å². The lowest BCUT2D eigenvalue weighted by Crippen LogP contribution is -2.01. The highest BCUT2D eigenvalue weighted by Crippen LogP contribution is 2.25. The van der Waals surface area contributed by atoms with Gasteiger partial charge in [-0.25, -0.2) is 0 Å². The van der Waals surface area contributed by atoms with E-state index >= 15 is 0 Å². The van der Waals surface area contributed by atoms with Crippen LogP contribution in [0.3, 0.4) is 0 Å². The summed E-state index contributed by atoms with van der Waals surface area (Å²) in [4.78, 5) is 24.4. The molecule has 0 bridgehead atoms. The van der Waals surface area contributed by atoms with Gasteiger partial charge in [-0.2, -0.15) is 0 Å². The molecule has 0 saturated carbocycles. The number of aldehydes is 1. The van der Waals surface area contributed by atoms with Gasteiger partial charge in [0.2, 0.25) is 5.56 Å². The van der Waals surface area contributed by atoms with Gasteiger partial charge in [0.1, 0.15) is 17.8 Å². The Morgan fingerprint density at radius 2 is 2.00 bits per heavy atom. The van der Waals surface area contributed by atoms with E-state index in [-0.39, 0.29) is 5.56 Å². The topological polar surface area (TPSA) is 63.1 Å². The van der Waals surface area contributed by atoms with Crippen molar-refractivity contribution in [2.75, 3.05) is 0 Å². The van der Waals surface area contributed by atoms with Crippen molar-refractivity contribution < 1.29 is 9.21 Å². The standard InChI is InChI=1S/C16H13NO3/c18-9-1-2-13-5-7-15(20-13)12-3-6-14-11(10-12)4-8-16(19)17-14/h3-10H,1-2H2,(H,17,19). The summed E-state index contributed by atoms with van der Waals surface area (Å²) < 4.78 is 5.71. The fourth-order valence-electron chi connectivity index (χ4n) is 2.18. The second-order valence-electron chi connectivity index (χ2n) is 4.60. The molecule has 1 aromatic carbocycles. The number of aromatic amines is 1. The predicted octanol–water partition coefficient (Wildman–Crippen LogP) is 2.92. The molecule has 0 aliphatic heterocycles. The predicted molar refractivity (Wildman–Crippen MR) is 76.7 cm³/mol. The second-order valence-corrected chi connectivity index (χ2v) is 4.60. The molecule has 0 unspecified atom stereocenters. The molecule has 2 heterocycles. The monoisotopic (exact) mass is 267 g/mol. The van der Waals surface area contributed by atoms with Crippen molar-refractivity contribution >= 4 is 17.2 Å². The number of hydrogen-bond donors (Lipinski definition) is 1. The van der Waals surface area contributed by atoms with Crippen LogP contribution in [-0.2, 0) is 11.2 Å². The molecule has 3 aromatic rings. The summed E-state index contributed by atoms with van der Waals surface area (Å²) in [6, 6.07) is 12.8. The summed E-state index contributed by atoms with van der Waals surface area (Å²) in [6.45, 7) is 0. The Hall–Kier alpha value is -2.62. The third-order valence-corrected chi connectivity index (χ3v) is 3.18. The fraction of sp³-hybridized carbons (Fsp3) is 0.125. The Kier molecular flexibility index (Phi) is 3.21. The van der Waals surface area contributed by atoms with Crippen LogP contribution in [0.25, 0.3) is 22.2 Å². The molecule has 2 aromatic heterocycles. The van der Waals surface area contributed by atoms with Crippen molar-refractivity contribution in [2.24, 2.45) is 0 Å².